The smallest absolute Gasteiger partial charge is 0.223 e. The van der Waals surface area contributed by atoms with Crippen molar-refractivity contribution in [2.75, 3.05) is 6.54 Å². The molecule has 1 unspecified atom stereocenters. The van der Waals surface area contributed by atoms with E-state index in [-0.39, 0.29) is 11.9 Å². The highest BCUT2D eigenvalue weighted by molar-refractivity contribution is 9.10. The molecule has 20 heavy (non-hydrogen) atoms. The molecule has 0 bridgehead atoms. The van der Waals surface area contributed by atoms with Gasteiger partial charge in [0.15, 0.2) is 0 Å². The second-order valence-corrected chi connectivity index (χ2v) is 6.94. The van der Waals surface area contributed by atoms with Crippen molar-refractivity contribution in [1.82, 2.24) is 4.90 Å². The number of benzene rings is 1. The quantitative estimate of drug-likeness (QED) is 0.915. The summed E-state index contributed by atoms with van der Waals surface area (Å²) in [6.45, 7) is 4.35. The molecule has 1 amide bonds. The van der Waals surface area contributed by atoms with E-state index < -0.39 is 5.60 Å². The van der Waals surface area contributed by atoms with E-state index in [1.807, 2.05) is 29.2 Å². The Balaban J connectivity index is 1.93. The minimum Gasteiger partial charge on any atom is -0.388 e. The van der Waals surface area contributed by atoms with Crippen LogP contribution in [0.4, 0.5) is 0 Å². The number of carbonyl (C=O) groups excluding carboxylic acids is 1. The van der Waals surface area contributed by atoms with E-state index >= 15 is 0 Å². The summed E-state index contributed by atoms with van der Waals surface area (Å²) in [6, 6.07) is 8.02. The van der Waals surface area contributed by atoms with Crippen molar-refractivity contribution in [3.8, 4) is 0 Å². The van der Waals surface area contributed by atoms with Gasteiger partial charge in [-0.15, -0.1) is 0 Å². The number of aliphatic hydroxyl groups is 1. The molecule has 0 aromatic heterocycles. The Bertz CT molecular complexity index is 464. The molecule has 1 saturated heterocycles. The molecular formula is C16H22BrNO2. The van der Waals surface area contributed by atoms with Gasteiger partial charge in [-0.05, 0) is 50.8 Å². The normalized spacial score (nSPS) is 19.4. The third kappa shape index (κ3) is 3.83. The van der Waals surface area contributed by atoms with E-state index in [0.29, 0.717) is 6.42 Å². The van der Waals surface area contributed by atoms with Crippen LogP contribution in [0.2, 0.25) is 0 Å². The summed E-state index contributed by atoms with van der Waals surface area (Å²) in [4.78, 5) is 14.2. The van der Waals surface area contributed by atoms with Gasteiger partial charge in [-0.3, -0.25) is 4.79 Å². The van der Waals surface area contributed by atoms with Crippen LogP contribution in [0.5, 0.6) is 0 Å². The van der Waals surface area contributed by atoms with E-state index in [2.05, 4.69) is 15.9 Å². The Morgan fingerprint density at radius 1 is 1.40 bits per heavy atom. The van der Waals surface area contributed by atoms with Gasteiger partial charge in [0.1, 0.15) is 0 Å². The molecule has 4 heteroatoms. The average molecular weight is 340 g/mol. The number of hydrogen-bond donors (Lipinski definition) is 1. The fraction of sp³-hybridized carbons (Fsp3) is 0.562. The zero-order valence-corrected chi connectivity index (χ0v) is 13.7. The fourth-order valence-electron chi connectivity index (χ4n) is 2.85. The summed E-state index contributed by atoms with van der Waals surface area (Å²) < 4.78 is 1.05. The van der Waals surface area contributed by atoms with Crippen molar-refractivity contribution in [2.24, 2.45) is 0 Å². The molecule has 2 rings (SSSR count). The maximum Gasteiger partial charge on any atom is 0.223 e. The third-order valence-corrected chi connectivity index (χ3v) is 4.46. The standard InChI is InChI=1S/C16H22BrNO2/c1-16(2,20)14-4-3-11-18(14)15(19)10-7-12-5-8-13(17)9-6-12/h5-6,8-9,14,20H,3-4,7,10-11H2,1-2H3. The molecule has 1 fully saturated rings. The highest BCUT2D eigenvalue weighted by Gasteiger charge is 2.37. The third-order valence-electron chi connectivity index (χ3n) is 3.93. The highest BCUT2D eigenvalue weighted by Crippen LogP contribution is 2.27. The zero-order valence-electron chi connectivity index (χ0n) is 12.1. The van der Waals surface area contributed by atoms with Gasteiger partial charge in [-0.1, -0.05) is 28.1 Å². The maximum absolute atomic E-state index is 12.3. The van der Waals surface area contributed by atoms with Crippen molar-refractivity contribution in [1.29, 1.82) is 0 Å². The monoisotopic (exact) mass is 339 g/mol. The van der Waals surface area contributed by atoms with Crippen LogP contribution in [0, 0.1) is 0 Å². The van der Waals surface area contributed by atoms with Gasteiger partial charge in [0.25, 0.3) is 0 Å². The van der Waals surface area contributed by atoms with Gasteiger partial charge in [0.2, 0.25) is 5.91 Å². The predicted octanol–water partition coefficient (Wildman–Crippen LogP) is 3.14. The zero-order chi connectivity index (χ0) is 14.8. The Hall–Kier alpha value is -0.870. The first-order valence-corrected chi connectivity index (χ1v) is 7.93. The first-order valence-electron chi connectivity index (χ1n) is 7.14. The molecule has 1 heterocycles. The van der Waals surface area contributed by atoms with E-state index in [0.717, 1.165) is 30.3 Å². The van der Waals surface area contributed by atoms with E-state index in [4.69, 9.17) is 0 Å². The van der Waals surface area contributed by atoms with Gasteiger partial charge in [-0.2, -0.15) is 0 Å². The maximum atomic E-state index is 12.3. The van der Waals surface area contributed by atoms with Crippen molar-refractivity contribution >= 4 is 21.8 Å². The number of carbonyl (C=O) groups is 1. The number of hydrogen-bond acceptors (Lipinski definition) is 2. The first kappa shape index (κ1) is 15.5. The van der Waals surface area contributed by atoms with Gasteiger partial charge in [0, 0.05) is 17.4 Å². The summed E-state index contributed by atoms with van der Waals surface area (Å²) in [5.41, 5.74) is 0.351. The molecule has 1 aliphatic rings. The lowest BCUT2D eigenvalue weighted by atomic mass is 9.96. The van der Waals surface area contributed by atoms with Gasteiger partial charge in [0.05, 0.1) is 11.6 Å². The van der Waals surface area contributed by atoms with Crippen LogP contribution in [0.1, 0.15) is 38.7 Å². The van der Waals surface area contributed by atoms with Gasteiger partial charge >= 0.3 is 0 Å². The molecule has 0 radical (unpaired) electrons. The van der Waals surface area contributed by atoms with Crippen LogP contribution in [0.25, 0.3) is 0 Å². The second-order valence-electron chi connectivity index (χ2n) is 6.03. The molecule has 0 aliphatic carbocycles. The largest absolute Gasteiger partial charge is 0.388 e. The molecule has 1 aromatic rings. The average Bonchev–Trinajstić information content (AvgIpc) is 2.87. The highest BCUT2D eigenvalue weighted by atomic mass is 79.9. The van der Waals surface area contributed by atoms with Crippen molar-refractivity contribution < 1.29 is 9.90 Å². The molecule has 0 spiro atoms. The summed E-state index contributed by atoms with van der Waals surface area (Å²) in [6.07, 6.45) is 3.14. The molecule has 110 valence electrons. The van der Waals surface area contributed by atoms with E-state index in [1.165, 1.54) is 5.56 Å². The van der Waals surface area contributed by atoms with Crippen molar-refractivity contribution in [3.05, 3.63) is 34.3 Å². The minimum absolute atomic E-state index is 0.0417. The van der Waals surface area contributed by atoms with Crippen molar-refractivity contribution in [3.63, 3.8) is 0 Å². The fourth-order valence-corrected chi connectivity index (χ4v) is 3.11. The van der Waals surface area contributed by atoms with Crippen LogP contribution in [0.3, 0.4) is 0 Å². The molecule has 1 aromatic carbocycles. The molecule has 0 saturated carbocycles. The molecule has 1 N–H and O–H groups in total. The lowest BCUT2D eigenvalue weighted by Crippen LogP contribution is -2.48. The van der Waals surface area contributed by atoms with Crippen LogP contribution >= 0.6 is 15.9 Å². The number of rotatable bonds is 4. The van der Waals surface area contributed by atoms with Crippen LogP contribution in [-0.2, 0) is 11.2 Å². The Labute approximate surface area is 129 Å². The summed E-state index contributed by atoms with van der Waals surface area (Å²) >= 11 is 3.41. The molecule has 1 aliphatic heterocycles. The number of aryl methyl sites for hydroxylation is 1. The topological polar surface area (TPSA) is 40.5 Å². The van der Waals surface area contributed by atoms with E-state index in [1.54, 1.807) is 13.8 Å². The van der Waals surface area contributed by atoms with Crippen molar-refractivity contribution in [2.45, 2.75) is 51.2 Å². The Morgan fingerprint density at radius 3 is 2.65 bits per heavy atom. The molecule has 3 nitrogen and oxygen atoms in total. The van der Waals surface area contributed by atoms with Gasteiger partial charge in [-0.25, -0.2) is 0 Å². The molecule has 1 atom stereocenters. The number of likely N-dealkylation sites (tertiary alicyclic amines) is 1. The number of nitrogens with zero attached hydrogens (tertiary/aromatic N) is 1. The van der Waals surface area contributed by atoms with E-state index in [9.17, 15) is 9.90 Å². The summed E-state index contributed by atoms with van der Waals surface area (Å²) in [7, 11) is 0. The minimum atomic E-state index is -0.816. The lowest BCUT2D eigenvalue weighted by molar-refractivity contribution is -0.136. The Morgan fingerprint density at radius 2 is 2.05 bits per heavy atom. The Kier molecular flexibility index (Phi) is 4.86. The summed E-state index contributed by atoms with van der Waals surface area (Å²) in [5.74, 6) is 0.151. The van der Waals surface area contributed by atoms with Crippen LogP contribution < -0.4 is 0 Å². The van der Waals surface area contributed by atoms with Crippen LogP contribution in [-0.4, -0.2) is 34.1 Å². The number of amides is 1. The second kappa shape index (κ2) is 6.27. The van der Waals surface area contributed by atoms with Gasteiger partial charge < -0.3 is 10.0 Å². The lowest BCUT2D eigenvalue weighted by Gasteiger charge is -2.33. The SMILES string of the molecule is CC(C)(O)C1CCCN1C(=O)CCc1ccc(Br)cc1. The molecular weight excluding hydrogens is 318 g/mol. The summed E-state index contributed by atoms with van der Waals surface area (Å²) in [5, 5.41) is 10.2. The predicted molar refractivity (Wildman–Crippen MR) is 83.5 cm³/mol. The van der Waals surface area contributed by atoms with Crippen LogP contribution in [0.15, 0.2) is 28.7 Å². The first-order chi connectivity index (χ1) is 9.38. The number of halogens is 1.